The number of hydrogen-bond acceptors (Lipinski definition) is 4. The van der Waals surface area contributed by atoms with Crippen molar-refractivity contribution in [3.05, 3.63) is 58.9 Å². The molecule has 26 heavy (non-hydrogen) atoms. The highest BCUT2D eigenvalue weighted by molar-refractivity contribution is 5.95. The molecule has 0 saturated carbocycles. The molecule has 0 bridgehead atoms. The molecule has 1 saturated heterocycles. The molecule has 1 aliphatic rings. The average Bonchev–Trinajstić information content (AvgIpc) is 3.23. The van der Waals surface area contributed by atoms with Crippen LogP contribution in [0.25, 0.3) is 10.9 Å². The molecule has 0 aliphatic carbocycles. The fourth-order valence-corrected chi connectivity index (χ4v) is 3.62. The van der Waals surface area contributed by atoms with Crippen LogP contribution in [0.5, 0.6) is 0 Å². The molecule has 7 nitrogen and oxygen atoms in total. The molecule has 0 N–H and O–H groups in total. The standard InChI is InChI=1S/C19H21N5O2/c1-2-24-16-6-4-3-5-15(16)18(25)17(21-24)19(26)22-10-7-14(8-11-22)23-12-9-20-13-23/h3-6,9,12-14H,2,7-8,10-11H2,1H3. The predicted octanol–water partition coefficient (Wildman–Crippen LogP) is 2.09. The van der Waals surface area contributed by atoms with Crippen molar-refractivity contribution in [1.29, 1.82) is 0 Å². The van der Waals surface area contributed by atoms with Crippen LogP contribution in [0.4, 0.5) is 0 Å². The Morgan fingerprint density at radius 2 is 2.00 bits per heavy atom. The zero-order valence-corrected chi connectivity index (χ0v) is 14.7. The van der Waals surface area contributed by atoms with Crippen molar-refractivity contribution in [3.63, 3.8) is 0 Å². The normalized spacial score (nSPS) is 15.5. The number of para-hydroxylation sites is 1. The van der Waals surface area contributed by atoms with E-state index in [1.165, 1.54) is 0 Å². The van der Waals surface area contributed by atoms with Gasteiger partial charge < -0.3 is 9.47 Å². The highest BCUT2D eigenvalue weighted by Gasteiger charge is 2.27. The van der Waals surface area contributed by atoms with Crippen LogP contribution in [0.15, 0.2) is 47.8 Å². The Morgan fingerprint density at radius 1 is 1.23 bits per heavy atom. The van der Waals surface area contributed by atoms with Crippen molar-refractivity contribution >= 4 is 16.8 Å². The SMILES string of the molecule is CCn1nc(C(=O)N2CCC(n3ccnc3)CC2)c(=O)c2ccccc21. The molecule has 0 atom stereocenters. The Kier molecular flexibility index (Phi) is 4.28. The quantitative estimate of drug-likeness (QED) is 0.724. The molecule has 3 aromatic rings. The van der Waals surface area contributed by atoms with Gasteiger partial charge in [0.05, 0.1) is 11.8 Å². The van der Waals surface area contributed by atoms with Crippen molar-refractivity contribution in [3.8, 4) is 0 Å². The summed E-state index contributed by atoms with van der Waals surface area (Å²) in [5.74, 6) is -0.271. The van der Waals surface area contributed by atoms with Gasteiger partial charge in [0.1, 0.15) is 0 Å². The lowest BCUT2D eigenvalue weighted by atomic mass is 10.0. The minimum absolute atomic E-state index is 0.0200. The van der Waals surface area contributed by atoms with Crippen LogP contribution in [-0.2, 0) is 6.54 Å². The molecule has 1 amide bonds. The first kappa shape index (κ1) is 16.5. The molecule has 7 heteroatoms. The molecule has 0 radical (unpaired) electrons. The third-order valence-corrected chi connectivity index (χ3v) is 5.06. The van der Waals surface area contributed by atoms with Crippen LogP contribution in [0.2, 0.25) is 0 Å². The highest BCUT2D eigenvalue weighted by Crippen LogP contribution is 2.23. The van der Waals surface area contributed by atoms with E-state index >= 15 is 0 Å². The van der Waals surface area contributed by atoms with Crippen molar-refractivity contribution in [2.75, 3.05) is 13.1 Å². The summed E-state index contributed by atoms with van der Waals surface area (Å²) in [5.41, 5.74) is 0.494. The van der Waals surface area contributed by atoms with Crippen molar-refractivity contribution in [2.45, 2.75) is 32.4 Å². The molecule has 2 aromatic heterocycles. The number of likely N-dealkylation sites (tertiary alicyclic amines) is 1. The van der Waals surface area contributed by atoms with Gasteiger partial charge in [-0.1, -0.05) is 12.1 Å². The predicted molar refractivity (Wildman–Crippen MR) is 98.1 cm³/mol. The first-order valence-corrected chi connectivity index (χ1v) is 8.95. The number of aromatic nitrogens is 4. The van der Waals surface area contributed by atoms with E-state index in [4.69, 9.17) is 0 Å². The van der Waals surface area contributed by atoms with Crippen LogP contribution in [0, 0.1) is 0 Å². The monoisotopic (exact) mass is 351 g/mol. The largest absolute Gasteiger partial charge is 0.337 e. The summed E-state index contributed by atoms with van der Waals surface area (Å²) < 4.78 is 3.81. The van der Waals surface area contributed by atoms with Gasteiger partial charge in [0, 0.05) is 43.5 Å². The summed E-state index contributed by atoms with van der Waals surface area (Å²) >= 11 is 0. The summed E-state index contributed by atoms with van der Waals surface area (Å²) in [6.45, 7) is 3.78. The maximum absolute atomic E-state index is 13.0. The van der Waals surface area contributed by atoms with Gasteiger partial charge in [-0.25, -0.2) is 4.98 Å². The number of piperidine rings is 1. The zero-order valence-electron chi connectivity index (χ0n) is 14.7. The Bertz CT molecular complexity index is 985. The van der Waals surface area contributed by atoms with Crippen molar-refractivity contribution in [1.82, 2.24) is 24.2 Å². The number of hydrogen-bond donors (Lipinski definition) is 0. The molecule has 1 aromatic carbocycles. The number of fused-ring (bicyclic) bond motifs is 1. The van der Waals surface area contributed by atoms with E-state index in [0.717, 1.165) is 18.4 Å². The van der Waals surface area contributed by atoms with E-state index in [2.05, 4.69) is 14.6 Å². The lowest BCUT2D eigenvalue weighted by molar-refractivity contribution is 0.0685. The topological polar surface area (TPSA) is 73.0 Å². The van der Waals surface area contributed by atoms with E-state index < -0.39 is 0 Å². The fourth-order valence-electron chi connectivity index (χ4n) is 3.62. The van der Waals surface area contributed by atoms with Crippen LogP contribution >= 0.6 is 0 Å². The minimum atomic E-state index is -0.285. The number of carbonyl (C=O) groups excluding carboxylic acids is 1. The fraction of sp³-hybridized carbons (Fsp3) is 0.368. The number of nitrogens with zero attached hydrogens (tertiary/aromatic N) is 5. The van der Waals surface area contributed by atoms with Crippen molar-refractivity contribution < 1.29 is 4.79 Å². The number of imidazole rings is 1. The van der Waals surface area contributed by atoms with Gasteiger partial charge in [-0.15, -0.1) is 0 Å². The Hall–Kier alpha value is -2.96. The van der Waals surface area contributed by atoms with Crippen LogP contribution < -0.4 is 5.43 Å². The second-order valence-electron chi connectivity index (χ2n) is 6.54. The first-order chi connectivity index (χ1) is 12.7. The molecule has 1 fully saturated rings. The molecular formula is C19H21N5O2. The van der Waals surface area contributed by atoms with E-state index in [1.807, 2.05) is 37.6 Å². The van der Waals surface area contributed by atoms with E-state index in [-0.39, 0.29) is 17.0 Å². The zero-order chi connectivity index (χ0) is 18.1. The highest BCUT2D eigenvalue weighted by atomic mass is 16.2. The smallest absolute Gasteiger partial charge is 0.278 e. The maximum atomic E-state index is 13.0. The molecule has 0 spiro atoms. The van der Waals surface area contributed by atoms with Gasteiger partial charge in [-0.2, -0.15) is 5.10 Å². The lowest BCUT2D eigenvalue weighted by Crippen LogP contribution is -2.41. The Morgan fingerprint density at radius 3 is 2.69 bits per heavy atom. The van der Waals surface area contributed by atoms with E-state index in [9.17, 15) is 9.59 Å². The molecule has 4 rings (SSSR count). The number of benzene rings is 1. The number of carbonyl (C=O) groups is 1. The van der Waals surface area contributed by atoms with Gasteiger partial charge in [0.25, 0.3) is 5.91 Å². The third-order valence-electron chi connectivity index (χ3n) is 5.06. The molecule has 0 unspecified atom stereocenters. The summed E-state index contributed by atoms with van der Waals surface area (Å²) in [5, 5.41) is 4.90. The summed E-state index contributed by atoms with van der Waals surface area (Å²) in [4.78, 5) is 31.6. The number of amides is 1. The number of rotatable bonds is 3. The minimum Gasteiger partial charge on any atom is -0.337 e. The summed E-state index contributed by atoms with van der Waals surface area (Å²) in [7, 11) is 0. The molecule has 3 heterocycles. The van der Waals surface area contributed by atoms with E-state index in [0.29, 0.717) is 31.1 Å². The first-order valence-electron chi connectivity index (χ1n) is 8.95. The Balaban J connectivity index is 1.61. The Labute approximate surface area is 150 Å². The van der Waals surface area contributed by atoms with Gasteiger partial charge in [0.15, 0.2) is 5.69 Å². The lowest BCUT2D eigenvalue weighted by Gasteiger charge is -2.32. The second kappa shape index (κ2) is 6.74. The second-order valence-corrected chi connectivity index (χ2v) is 6.54. The third kappa shape index (κ3) is 2.79. The summed E-state index contributed by atoms with van der Waals surface area (Å²) in [6, 6.07) is 7.65. The van der Waals surface area contributed by atoms with Crippen LogP contribution in [-0.4, -0.2) is 43.2 Å². The average molecular weight is 351 g/mol. The molecule has 1 aliphatic heterocycles. The summed E-state index contributed by atoms with van der Waals surface area (Å²) in [6.07, 6.45) is 7.22. The van der Waals surface area contributed by atoms with Gasteiger partial charge >= 0.3 is 0 Å². The van der Waals surface area contributed by atoms with Gasteiger partial charge in [-0.05, 0) is 31.9 Å². The maximum Gasteiger partial charge on any atom is 0.278 e. The van der Waals surface area contributed by atoms with E-state index in [1.54, 1.807) is 21.8 Å². The van der Waals surface area contributed by atoms with Gasteiger partial charge in [-0.3, -0.25) is 14.3 Å². The molecular weight excluding hydrogens is 330 g/mol. The van der Waals surface area contributed by atoms with Crippen molar-refractivity contribution in [2.24, 2.45) is 0 Å². The van der Waals surface area contributed by atoms with Crippen LogP contribution in [0.3, 0.4) is 0 Å². The van der Waals surface area contributed by atoms with Crippen LogP contribution in [0.1, 0.15) is 36.3 Å². The number of aryl methyl sites for hydroxylation is 1. The molecule has 134 valence electrons. The van der Waals surface area contributed by atoms with Gasteiger partial charge in [0.2, 0.25) is 5.43 Å².